The number of hydrogen-bond donors (Lipinski definition) is 1. The van der Waals surface area contributed by atoms with E-state index in [9.17, 15) is 14.3 Å². The first-order valence-corrected chi connectivity index (χ1v) is 10.4. The van der Waals surface area contributed by atoms with Gasteiger partial charge >= 0.3 is 0 Å². The highest BCUT2D eigenvalue weighted by Crippen LogP contribution is 2.24. The van der Waals surface area contributed by atoms with Gasteiger partial charge in [0.25, 0.3) is 0 Å². The second-order valence-corrected chi connectivity index (χ2v) is 7.96. The number of Topliss-reactive ketones (excluding diaryl/α,β-unsaturated/α-hetero) is 1. The number of rotatable bonds is 6. The molecule has 30 heavy (non-hydrogen) atoms. The van der Waals surface area contributed by atoms with Crippen LogP contribution in [-0.2, 0) is 13.1 Å². The van der Waals surface area contributed by atoms with Gasteiger partial charge in [0.1, 0.15) is 11.6 Å². The number of anilines is 1. The van der Waals surface area contributed by atoms with Crippen molar-refractivity contribution in [1.82, 2.24) is 14.5 Å². The van der Waals surface area contributed by atoms with Crippen molar-refractivity contribution in [2.45, 2.75) is 20.0 Å². The van der Waals surface area contributed by atoms with Crippen LogP contribution in [0.3, 0.4) is 0 Å². The highest BCUT2D eigenvalue weighted by Gasteiger charge is 2.22. The minimum absolute atomic E-state index is 0.0221. The Kier molecular flexibility index (Phi) is 6.04. The van der Waals surface area contributed by atoms with E-state index in [1.54, 1.807) is 12.1 Å². The Morgan fingerprint density at radius 2 is 1.93 bits per heavy atom. The summed E-state index contributed by atoms with van der Waals surface area (Å²) in [5.74, 6) is 0.377. The van der Waals surface area contributed by atoms with E-state index in [2.05, 4.69) is 4.90 Å². The number of aliphatic hydroxyl groups excluding tert-OH is 1. The molecule has 1 fully saturated rings. The van der Waals surface area contributed by atoms with E-state index < -0.39 is 0 Å². The van der Waals surface area contributed by atoms with Crippen LogP contribution in [0, 0.1) is 5.82 Å². The monoisotopic (exact) mass is 430 g/mol. The lowest BCUT2D eigenvalue weighted by Crippen LogP contribution is -2.46. The molecule has 8 heteroatoms. The molecular weight excluding hydrogens is 407 g/mol. The average molecular weight is 431 g/mol. The van der Waals surface area contributed by atoms with Crippen molar-refractivity contribution in [1.29, 1.82) is 0 Å². The number of fused-ring (bicyclic) bond motifs is 1. The summed E-state index contributed by atoms with van der Waals surface area (Å²) < 4.78 is 16.5. The molecule has 2 heterocycles. The van der Waals surface area contributed by atoms with Crippen molar-refractivity contribution < 1.29 is 14.3 Å². The summed E-state index contributed by atoms with van der Waals surface area (Å²) in [6.07, 6.45) is 0. The highest BCUT2D eigenvalue weighted by molar-refractivity contribution is 6.31. The molecule has 2 aromatic carbocycles. The SMILES string of the molecule is CC(=O)c1ccc(N2CCN(Cc3nc4ccc(Cl)cc4n3CCO)CC2)c(F)c1. The van der Waals surface area contributed by atoms with Gasteiger partial charge in [-0.25, -0.2) is 9.37 Å². The number of aromatic nitrogens is 2. The maximum absolute atomic E-state index is 14.5. The van der Waals surface area contributed by atoms with E-state index in [0.717, 1.165) is 29.9 Å². The number of nitrogens with zero attached hydrogens (tertiary/aromatic N) is 4. The molecule has 0 radical (unpaired) electrons. The zero-order valence-corrected chi connectivity index (χ0v) is 17.6. The van der Waals surface area contributed by atoms with Crippen molar-refractivity contribution in [3.8, 4) is 0 Å². The average Bonchev–Trinajstić information content (AvgIpc) is 3.05. The van der Waals surface area contributed by atoms with Crippen LogP contribution in [0.15, 0.2) is 36.4 Å². The Balaban J connectivity index is 1.46. The van der Waals surface area contributed by atoms with E-state index in [1.807, 2.05) is 27.7 Å². The summed E-state index contributed by atoms with van der Waals surface area (Å²) in [5, 5.41) is 10.1. The zero-order chi connectivity index (χ0) is 21.3. The lowest BCUT2D eigenvalue weighted by molar-refractivity contribution is 0.101. The number of ketones is 1. The second-order valence-electron chi connectivity index (χ2n) is 7.52. The quantitative estimate of drug-likeness (QED) is 0.608. The van der Waals surface area contributed by atoms with Gasteiger partial charge in [-0.2, -0.15) is 0 Å². The second kappa shape index (κ2) is 8.71. The predicted molar refractivity (Wildman–Crippen MR) is 116 cm³/mol. The van der Waals surface area contributed by atoms with E-state index in [4.69, 9.17) is 16.6 Å². The largest absolute Gasteiger partial charge is 0.395 e. The number of benzene rings is 2. The van der Waals surface area contributed by atoms with Gasteiger partial charge in [-0.15, -0.1) is 0 Å². The first-order valence-electron chi connectivity index (χ1n) is 9.99. The van der Waals surface area contributed by atoms with Gasteiger partial charge in [0, 0.05) is 43.3 Å². The molecule has 1 aliphatic heterocycles. The molecule has 0 saturated carbocycles. The molecule has 0 unspecified atom stereocenters. The van der Waals surface area contributed by atoms with E-state index in [0.29, 0.717) is 42.5 Å². The third-order valence-electron chi connectivity index (χ3n) is 5.55. The van der Waals surface area contributed by atoms with Gasteiger partial charge < -0.3 is 14.6 Å². The van der Waals surface area contributed by atoms with Gasteiger partial charge in [0.2, 0.25) is 0 Å². The maximum atomic E-state index is 14.5. The lowest BCUT2D eigenvalue weighted by atomic mass is 10.1. The molecule has 0 bridgehead atoms. The Morgan fingerprint density at radius 3 is 2.60 bits per heavy atom. The first-order chi connectivity index (χ1) is 14.5. The third kappa shape index (κ3) is 4.19. The predicted octanol–water partition coefficient (Wildman–Crippen LogP) is 3.35. The van der Waals surface area contributed by atoms with Gasteiger partial charge in [-0.1, -0.05) is 11.6 Å². The molecule has 0 spiro atoms. The summed E-state index contributed by atoms with van der Waals surface area (Å²) in [5.41, 5.74) is 2.69. The maximum Gasteiger partial charge on any atom is 0.159 e. The van der Waals surface area contributed by atoms with Crippen LogP contribution < -0.4 is 4.90 Å². The molecule has 158 valence electrons. The third-order valence-corrected chi connectivity index (χ3v) is 5.78. The summed E-state index contributed by atoms with van der Waals surface area (Å²) >= 11 is 6.14. The molecule has 6 nitrogen and oxygen atoms in total. The molecule has 0 atom stereocenters. The van der Waals surface area contributed by atoms with Crippen molar-refractivity contribution in [2.75, 3.05) is 37.7 Å². The van der Waals surface area contributed by atoms with Crippen molar-refractivity contribution in [3.63, 3.8) is 0 Å². The first kappa shape index (κ1) is 20.8. The smallest absolute Gasteiger partial charge is 0.159 e. The zero-order valence-electron chi connectivity index (χ0n) is 16.8. The van der Waals surface area contributed by atoms with E-state index in [1.165, 1.54) is 13.0 Å². The molecule has 1 aliphatic rings. The summed E-state index contributed by atoms with van der Waals surface area (Å²) in [6.45, 7) is 5.45. The molecule has 1 N–H and O–H groups in total. The van der Waals surface area contributed by atoms with Gasteiger partial charge in [0.05, 0.1) is 29.9 Å². The normalized spacial score (nSPS) is 15.1. The summed E-state index contributed by atoms with van der Waals surface area (Å²) in [6, 6.07) is 10.2. The molecule has 1 aromatic heterocycles. The van der Waals surface area contributed by atoms with E-state index >= 15 is 0 Å². The number of imidazole rings is 1. The van der Waals surface area contributed by atoms with Crippen molar-refractivity contribution in [3.05, 3.63) is 58.6 Å². The Morgan fingerprint density at radius 1 is 1.17 bits per heavy atom. The number of carbonyl (C=O) groups excluding carboxylic acids is 1. The molecule has 3 aromatic rings. The van der Waals surface area contributed by atoms with Crippen LogP contribution in [0.4, 0.5) is 10.1 Å². The van der Waals surface area contributed by atoms with Crippen LogP contribution in [0.2, 0.25) is 5.02 Å². The summed E-state index contributed by atoms with van der Waals surface area (Å²) in [4.78, 5) is 20.5. The summed E-state index contributed by atoms with van der Waals surface area (Å²) in [7, 11) is 0. The van der Waals surface area contributed by atoms with Crippen molar-refractivity contribution >= 4 is 34.1 Å². The van der Waals surface area contributed by atoms with Crippen LogP contribution >= 0.6 is 11.6 Å². The molecule has 1 saturated heterocycles. The lowest BCUT2D eigenvalue weighted by Gasteiger charge is -2.36. The fraction of sp³-hybridized carbons (Fsp3) is 0.364. The standard InChI is InChI=1S/C22H24ClFN4O2/c1-15(30)16-2-5-20(18(24)12-16)27-8-6-26(7-9-27)14-22-25-19-4-3-17(23)13-21(19)28(22)10-11-29/h2-5,12-13,29H,6-11,14H2,1H3. The number of carbonyl (C=O) groups is 1. The molecular formula is C22H24ClFN4O2. The Hall–Kier alpha value is -2.48. The molecule has 4 rings (SSSR count). The molecule has 0 amide bonds. The highest BCUT2D eigenvalue weighted by atomic mass is 35.5. The van der Waals surface area contributed by atoms with Crippen LogP contribution in [0.5, 0.6) is 0 Å². The minimum Gasteiger partial charge on any atom is -0.395 e. The van der Waals surface area contributed by atoms with Gasteiger partial charge in [-0.3, -0.25) is 9.69 Å². The van der Waals surface area contributed by atoms with E-state index in [-0.39, 0.29) is 18.2 Å². The Bertz CT molecular complexity index is 1080. The number of piperazine rings is 1. The Labute approximate surface area is 179 Å². The fourth-order valence-corrected chi connectivity index (χ4v) is 4.11. The van der Waals surface area contributed by atoms with Gasteiger partial charge in [-0.05, 0) is 43.3 Å². The van der Waals surface area contributed by atoms with Crippen LogP contribution in [-0.4, -0.2) is 58.1 Å². The number of halogens is 2. The van der Waals surface area contributed by atoms with Crippen LogP contribution in [0.25, 0.3) is 11.0 Å². The fourth-order valence-electron chi connectivity index (χ4n) is 3.95. The number of aliphatic hydroxyl groups is 1. The van der Waals surface area contributed by atoms with Crippen LogP contribution in [0.1, 0.15) is 23.1 Å². The minimum atomic E-state index is -0.363. The van der Waals surface area contributed by atoms with Gasteiger partial charge in [0.15, 0.2) is 5.78 Å². The molecule has 0 aliphatic carbocycles. The van der Waals surface area contributed by atoms with Crippen molar-refractivity contribution in [2.24, 2.45) is 0 Å². The topological polar surface area (TPSA) is 61.6 Å². The number of hydrogen-bond acceptors (Lipinski definition) is 5.